The number of ether oxygens (including phenoxy) is 1. The fourth-order valence-corrected chi connectivity index (χ4v) is 1.63. The van der Waals surface area contributed by atoms with E-state index in [1.54, 1.807) is 25.2 Å². The summed E-state index contributed by atoms with van der Waals surface area (Å²) >= 11 is 6.10. The number of hydrogen-bond acceptors (Lipinski definition) is 4. The number of likely N-dealkylation sites (N-methyl/N-ethyl adjacent to an activating group) is 2. The molecule has 5 nitrogen and oxygen atoms in total. The average molecular weight is 322 g/mol. The maximum Gasteiger partial charge on any atom is 0.238 e. The maximum atomic E-state index is 11.4. The van der Waals surface area contributed by atoms with Crippen LogP contribution >= 0.6 is 24.0 Å². The highest BCUT2D eigenvalue weighted by molar-refractivity contribution is 6.32. The Bertz CT molecular complexity index is 428. The van der Waals surface area contributed by atoms with Gasteiger partial charge in [-0.05, 0) is 39.3 Å². The number of anilines is 1. The molecule has 0 aliphatic rings. The van der Waals surface area contributed by atoms with Crippen molar-refractivity contribution in [2.24, 2.45) is 0 Å². The van der Waals surface area contributed by atoms with Crippen LogP contribution < -0.4 is 15.4 Å². The van der Waals surface area contributed by atoms with E-state index in [1.165, 1.54) is 0 Å². The first-order valence-corrected chi connectivity index (χ1v) is 6.42. The van der Waals surface area contributed by atoms with Crippen molar-refractivity contribution in [3.8, 4) is 5.75 Å². The van der Waals surface area contributed by atoms with Crippen molar-refractivity contribution in [2.75, 3.05) is 46.2 Å². The smallest absolute Gasteiger partial charge is 0.238 e. The van der Waals surface area contributed by atoms with E-state index in [4.69, 9.17) is 16.3 Å². The molecule has 0 radical (unpaired) electrons. The maximum absolute atomic E-state index is 11.4. The van der Waals surface area contributed by atoms with Crippen molar-refractivity contribution in [3.63, 3.8) is 0 Å². The molecule has 2 N–H and O–H groups in total. The molecule has 0 aliphatic heterocycles. The van der Waals surface area contributed by atoms with Crippen LogP contribution in [0.2, 0.25) is 5.02 Å². The summed E-state index contributed by atoms with van der Waals surface area (Å²) in [7, 11) is 5.67. The molecule has 0 heterocycles. The van der Waals surface area contributed by atoms with Gasteiger partial charge in [0.15, 0.2) is 0 Å². The minimum Gasteiger partial charge on any atom is -0.491 e. The Kier molecular flexibility index (Phi) is 9.33. The van der Waals surface area contributed by atoms with E-state index in [0.29, 0.717) is 23.1 Å². The van der Waals surface area contributed by atoms with Crippen molar-refractivity contribution < 1.29 is 9.53 Å². The molecule has 0 saturated carbocycles. The van der Waals surface area contributed by atoms with Crippen LogP contribution in [0.5, 0.6) is 5.75 Å². The number of carbonyl (C=O) groups excluding carboxylic acids is 1. The predicted octanol–water partition coefficient (Wildman–Crippen LogP) is 1.86. The van der Waals surface area contributed by atoms with Gasteiger partial charge in [0.25, 0.3) is 0 Å². The van der Waals surface area contributed by atoms with Crippen LogP contribution in [0.3, 0.4) is 0 Å². The average Bonchev–Trinajstić information content (AvgIpc) is 2.31. The largest absolute Gasteiger partial charge is 0.491 e. The third-order valence-electron chi connectivity index (χ3n) is 2.35. The molecule has 1 amide bonds. The number of hydrogen-bond donors (Lipinski definition) is 2. The van der Waals surface area contributed by atoms with Gasteiger partial charge in [-0.25, -0.2) is 0 Å². The van der Waals surface area contributed by atoms with Gasteiger partial charge in [-0.2, -0.15) is 0 Å². The van der Waals surface area contributed by atoms with Gasteiger partial charge in [-0.1, -0.05) is 11.6 Å². The normalized spacial score (nSPS) is 10.1. The van der Waals surface area contributed by atoms with Gasteiger partial charge in [0, 0.05) is 12.2 Å². The summed E-state index contributed by atoms with van der Waals surface area (Å²) < 4.78 is 5.56. The summed E-state index contributed by atoms with van der Waals surface area (Å²) in [6.45, 7) is 1.65. The van der Waals surface area contributed by atoms with Crippen molar-refractivity contribution in [2.45, 2.75) is 0 Å². The molecule has 1 rings (SSSR count). The molecule has 1 aromatic rings. The first kappa shape index (κ1) is 19.0. The number of nitrogens with zero attached hydrogens (tertiary/aromatic N) is 1. The first-order chi connectivity index (χ1) is 9.02. The van der Waals surface area contributed by atoms with Gasteiger partial charge in [0.05, 0.1) is 11.6 Å². The number of nitrogens with one attached hydrogen (secondary N) is 2. The zero-order valence-corrected chi connectivity index (χ0v) is 13.5. The van der Waals surface area contributed by atoms with Crippen molar-refractivity contribution in [1.82, 2.24) is 10.2 Å². The van der Waals surface area contributed by atoms with Crippen LogP contribution in [0.15, 0.2) is 18.2 Å². The molecule has 0 bridgehead atoms. The molecule has 20 heavy (non-hydrogen) atoms. The van der Waals surface area contributed by atoms with Gasteiger partial charge in [-0.15, -0.1) is 12.4 Å². The van der Waals surface area contributed by atoms with Crippen LogP contribution in [-0.4, -0.2) is 51.6 Å². The molecular formula is C13H21Cl2N3O2. The highest BCUT2D eigenvalue weighted by Crippen LogP contribution is 2.27. The molecule has 1 aromatic carbocycles. The van der Waals surface area contributed by atoms with E-state index in [2.05, 4.69) is 10.6 Å². The van der Waals surface area contributed by atoms with Crippen LogP contribution in [-0.2, 0) is 4.79 Å². The highest BCUT2D eigenvalue weighted by Gasteiger charge is 2.06. The third kappa shape index (κ3) is 6.96. The van der Waals surface area contributed by atoms with Crippen LogP contribution in [0.25, 0.3) is 0 Å². The van der Waals surface area contributed by atoms with E-state index >= 15 is 0 Å². The fourth-order valence-electron chi connectivity index (χ4n) is 1.40. The topological polar surface area (TPSA) is 53.6 Å². The van der Waals surface area contributed by atoms with E-state index in [-0.39, 0.29) is 24.9 Å². The number of benzene rings is 1. The molecule has 0 fully saturated rings. The van der Waals surface area contributed by atoms with Gasteiger partial charge in [-0.3, -0.25) is 4.79 Å². The summed E-state index contributed by atoms with van der Waals surface area (Å²) in [5.74, 6) is 0.509. The predicted molar refractivity (Wildman–Crippen MR) is 85.3 cm³/mol. The number of rotatable bonds is 7. The van der Waals surface area contributed by atoms with Crippen molar-refractivity contribution in [1.29, 1.82) is 0 Å². The quantitative estimate of drug-likeness (QED) is 0.805. The molecule has 0 unspecified atom stereocenters. The second kappa shape index (κ2) is 9.83. The minimum absolute atomic E-state index is 0. The lowest BCUT2D eigenvalue weighted by Gasteiger charge is -2.13. The van der Waals surface area contributed by atoms with E-state index in [9.17, 15) is 4.79 Å². The number of halogens is 2. The van der Waals surface area contributed by atoms with E-state index < -0.39 is 0 Å². The summed E-state index contributed by atoms with van der Waals surface area (Å²) in [6, 6.07) is 5.21. The fraction of sp³-hybridized carbons (Fsp3) is 0.462. The lowest BCUT2D eigenvalue weighted by Crippen LogP contribution is -2.25. The monoisotopic (exact) mass is 321 g/mol. The first-order valence-electron chi connectivity index (χ1n) is 6.04. The van der Waals surface area contributed by atoms with Gasteiger partial charge in [0.2, 0.25) is 5.91 Å². The second-order valence-electron chi connectivity index (χ2n) is 4.38. The van der Waals surface area contributed by atoms with Gasteiger partial charge in [0.1, 0.15) is 12.4 Å². The molecular weight excluding hydrogens is 301 g/mol. The molecule has 0 spiro atoms. The Morgan fingerprint density at radius 2 is 2.10 bits per heavy atom. The molecule has 114 valence electrons. The summed E-state index contributed by atoms with van der Waals surface area (Å²) in [6.07, 6.45) is 0. The summed E-state index contributed by atoms with van der Waals surface area (Å²) in [5.41, 5.74) is 0.658. The standard InChI is InChI=1S/C13H20ClN3O2.ClH/c1-15-9-13(18)16-10-4-5-12(11(14)8-10)19-7-6-17(2)3;/h4-5,8,15H,6-7,9H2,1-3H3,(H,16,18);1H. The number of amides is 1. The molecule has 0 atom stereocenters. The zero-order chi connectivity index (χ0) is 14.3. The lowest BCUT2D eigenvalue weighted by atomic mass is 10.3. The van der Waals surface area contributed by atoms with Gasteiger partial charge < -0.3 is 20.3 Å². The van der Waals surface area contributed by atoms with Crippen LogP contribution in [0.1, 0.15) is 0 Å². The Hall–Kier alpha value is -1.01. The molecule has 0 saturated heterocycles. The van der Waals surface area contributed by atoms with Crippen LogP contribution in [0, 0.1) is 0 Å². The highest BCUT2D eigenvalue weighted by atomic mass is 35.5. The molecule has 0 aromatic heterocycles. The van der Waals surface area contributed by atoms with Gasteiger partial charge >= 0.3 is 0 Å². The lowest BCUT2D eigenvalue weighted by molar-refractivity contribution is -0.115. The number of carbonyl (C=O) groups is 1. The third-order valence-corrected chi connectivity index (χ3v) is 2.64. The Morgan fingerprint density at radius 3 is 2.65 bits per heavy atom. The zero-order valence-electron chi connectivity index (χ0n) is 11.9. The van der Waals surface area contributed by atoms with Crippen molar-refractivity contribution >= 4 is 35.6 Å². The van der Waals surface area contributed by atoms with E-state index in [0.717, 1.165) is 6.54 Å². The Labute approximate surface area is 131 Å². The van der Waals surface area contributed by atoms with Crippen LogP contribution in [0.4, 0.5) is 5.69 Å². The summed E-state index contributed by atoms with van der Waals surface area (Å²) in [4.78, 5) is 13.4. The van der Waals surface area contributed by atoms with Crippen molar-refractivity contribution in [3.05, 3.63) is 23.2 Å². The second-order valence-corrected chi connectivity index (χ2v) is 4.78. The molecule has 0 aliphatic carbocycles. The minimum atomic E-state index is -0.111. The SMILES string of the molecule is CNCC(=O)Nc1ccc(OCCN(C)C)c(Cl)c1.Cl. The molecule has 7 heteroatoms. The van der Waals surface area contributed by atoms with E-state index in [1.807, 2.05) is 19.0 Å². The Balaban J connectivity index is 0.00000361. The Morgan fingerprint density at radius 1 is 1.40 bits per heavy atom. The summed E-state index contributed by atoms with van der Waals surface area (Å²) in [5, 5.41) is 6.00.